The third kappa shape index (κ3) is 3.85. The minimum Gasteiger partial charge on any atom is -0.147 e. The van der Waals surface area contributed by atoms with Crippen molar-refractivity contribution in [3.05, 3.63) is 34.7 Å². The van der Waals surface area contributed by atoms with Crippen molar-refractivity contribution in [3.8, 4) is 0 Å². The van der Waals surface area contributed by atoms with Crippen molar-refractivity contribution in [2.75, 3.05) is 0 Å². The van der Waals surface area contributed by atoms with Gasteiger partial charge >= 0.3 is 5.51 Å². The summed E-state index contributed by atoms with van der Waals surface area (Å²) in [7, 11) is -1.71. The van der Waals surface area contributed by atoms with Gasteiger partial charge in [-0.15, -0.1) is 25.6 Å². The summed E-state index contributed by atoms with van der Waals surface area (Å²) in [6, 6.07) is 7.53. The van der Waals surface area contributed by atoms with E-state index in [-0.39, 0.29) is 18.3 Å². The van der Waals surface area contributed by atoms with Gasteiger partial charge in [0.1, 0.15) is 0 Å². The number of rotatable bonds is 3. The van der Waals surface area contributed by atoms with Crippen LogP contribution in [0.25, 0.3) is 10.1 Å². The number of halogens is 4. The summed E-state index contributed by atoms with van der Waals surface area (Å²) in [6.07, 6.45) is 6.94. The minimum atomic E-state index is -4.15. The Labute approximate surface area is 144 Å². The van der Waals surface area contributed by atoms with Crippen molar-refractivity contribution in [2.45, 2.75) is 63.3 Å². The molecule has 1 aliphatic rings. The van der Waals surface area contributed by atoms with Gasteiger partial charge < -0.3 is 0 Å². The molecule has 0 radical (unpaired) electrons. The third-order valence-electron chi connectivity index (χ3n) is 4.61. The summed E-state index contributed by atoms with van der Waals surface area (Å²) >= 11 is 0. The Kier molecular flexibility index (Phi) is 6.01. The molecule has 1 atom stereocenters. The molecule has 5 heteroatoms. The molecule has 128 valence electrons. The first-order valence-corrected chi connectivity index (χ1v) is 9.39. The van der Waals surface area contributed by atoms with Crippen LogP contribution in [0.3, 0.4) is 0 Å². The monoisotopic (exact) mass is 363 g/mol. The van der Waals surface area contributed by atoms with E-state index in [0.29, 0.717) is 9.58 Å². The van der Waals surface area contributed by atoms with Crippen molar-refractivity contribution in [1.82, 2.24) is 0 Å². The zero-order valence-corrected chi connectivity index (χ0v) is 14.9. The quantitative estimate of drug-likeness (QED) is 0.495. The van der Waals surface area contributed by atoms with Gasteiger partial charge in [-0.3, -0.25) is 0 Å². The predicted molar refractivity (Wildman–Crippen MR) is 94.8 cm³/mol. The van der Waals surface area contributed by atoms with E-state index in [1.54, 1.807) is 0 Å². The fraction of sp³-hybridized carbons (Fsp3) is 0.556. The van der Waals surface area contributed by atoms with Gasteiger partial charge in [0.05, 0.1) is 10.5 Å². The topological polar surface area (TPSA) is 0 Å². The molecule has 1 unspecified atom stereocenters. The smallest absolute Gasteiger partial charge is 0.147 e. The highest BCUT2D eigenvalue weighted by Gasteiger charge is 2.49. The highest BCUT2D eigenvalue weighted by molar-refractivity contribution is 7.38. The number of alkyl halides is 3. The van der Waals surface area contributed by atoms with Gasteiger partial charge in [0, 0.05) is 23.4 Å². The molecule has 0 N–H and O–H groups in total. The van der Waals surface area contributed by atoms with Crippen molar-refractivity contribution in [2.24, 2.45) is 0 Å². The maximum Gasteiger partial charge on any atom is 0.600 e. The van der Waals surface area contributed by atoms with Crippen molar-refractivity contribution >= 4 is 33.0 Å². The molecule has 0 amide bonds. The van der Waals surface area contributed by atoms with Crippen LogP contribution in [-0.2, 0) is 11.9 Å². The summed E-state index contributed by atoms with van der Waals surface area (Å²) in [5, 5.41) is 0.793. The van der Waals surface area contributed by atoms with E-state index in [4.69, 9.17) is 0 Å². The molecule has 1 saturated carbocycles. The summed E-state index contributed by atoms with van der Waals surface area (Å²) < 4.78 is 41.7. The Morgan fingerprint density at radius 3 is 2.39 bits per heavy atom. The lowest BCUT2D eigenvalue weighted by Crippen LogP contribution is -2.06. The average molecular weight is 364 g/mol. The predicted octanol–water partition coefficient (Wildman–Crippen LogP) is 7.49. The molecule has 23 heavy (non-hydrogen) atoms. The van der Waals surface area contributed by atoms with Crippen LogP contribution in [0, 0.1) is 0 Å². The van der Waals surface area contributed by atoms with Crippen LogP contribution in [-0.4, -0.2) is 0 Å². The van der Waals surface area contributed by atoms with E-state index in [1.165, 1.54) is 0 Å². The Balaban J connectivity index is 0.00000192. The number of fused-ring (bicyclic) bond motifs is 1. The third-order valence-corrected chi connectivity index (χ3v) is 6.79. The Morgan fingerprint density at radius 2 is 1.78 bits per heavy atom. The first-order valence-electron chi connectivity index (χ1n) is 8.16. The zero-order chi connectivity index (χ0) is 15.7. The zero-order valence-electron chi connectivity index (χ0n) is 13.3. The second-order valence-corrected chi connectivity index (χ2v) is 8.24. The van der Waals surface area contributed by atoms with E-state index >= 15 is 0 Å². The molecule has 0 nitrogen and oxygen atoms in total. The van der Waals surface area contributed by atoms with Crippen LogP contribution >= 0.6 is 22.9 Å². The number of aryl methyl sites for hydroxylation is 1. The van der Waals surface area contributed by atoms with E-state index < -0.39 is 16.0 Å². The van der Waals surface area contributed by atoms with Gasteiger partial charge in [0.25, 0.3) is 0 Å². The van der Waals surface area contributed by atoms with Crippen molar-refractivity contribution < 1.29 is 13.2 Å². The van der Waals surface area contributed by atoms with Crippen LogP contribution in [0.5, 0.6) is 0 Å². The average Bonchev–Trinajstić information content (AvgIpc) is 2.87. The van der Waals surface area contributed by atoms with Crippen LogP contribution in [0.1, 0.15) is 61.8 Å². The highest BCUT2D eigenvalue weighted by atomic mass is 35.5. The molecule has 0 aliphatic heterocycles. The molecule has 2 aromatic rings. The Bertz CT molecular complexity index is 654. The van der Waals surface area contributed by atoms with Gasteiger partial charge in [-0.1, -0.05) is 38.7 Å². The minimum absolute atomic E-state index is 0. The van der Waals surface area contributed by atoms with Gasteiger partial charge in [0.2, 0.25) is 0 Å². The molecule has 1 heterocycles. The number of benzene rings is 1. The number of thiophene rings is 1. The van der Waals surface area contributed by atoms with E-state index in [0.717, 1.165) is 55.9 Å². The van der Waals surface area contributed by atoms with E-state index in [2.05, 4.69) is 6.92 Å². The maximum absolute atomic E-state index is 13.7. The van der Waals surface area contributed by atoms with Crippen LogP contribution in [0.2, 0.25) is 0 Å². The van der Waals surface area contributed by atoms with Gasteiger partial charge in [-0.25, -0.2) is 0 Å². The molecule has 0 spiro atoms. The Hall–Kier alpha value is -0.740. The SMILES string of the molecule is CCCc1ccc2cc(C3CCCCC3)[s+](C(F)(F)F)c2c1.Cl. The Morgan fingerprint density at radius 1 is 1.09 bits per heavy atom. The van der Waals surface area contributed by atoms with Crippen LogP contribution in [0.4, 0.5) is 13.2 Å². The molecule has 3 rings (SSSR count). The molecule has 0 saturated heterocycles. The second kappa shape index (κ2) is 7.43. The largest absolute Gasteiger partial charge is 0.600 e. The summed E-state index contributed by atoms with van der Waals surface area (Å²) in [4.78, 5) is 0.649. The lowest BCUT2D eigenvalue weighted by atomic mass is 9.88. The summed E-state index contributed by atoms with van der Waals surface area (Å²) in [5.74, 6) is 0.126. The van der Waals surface area contributed by atoms with Gasteiger partial charge in [0.15, 0.2) is 9.58 Å². The number of hydrogen-bond acceptors (Lipinski definition) is 0. The molecule has 1 aromatic carbocycles. The van der Waals surface area contributed by atoms with Gasteiger partial charge in [-0.05, 0) is 30.9 Å². The van der Waals surface area contributed by atoms with Crippen molar-refractivity contribution in [1.29, 1.82) is 0 Å². The highest BCUT2D eigenvalue weighted by Crippen LogP contribution is 2.55. The lowest BCUT2D eigenvalue weighted by Gasteiger charge is -2.18. The molecule has 1 fully saturated rings. The first-order chi connectivity index (χ1) is 10.5. The summed E-state index contributed by atoms with van der Waals surface area (Å²) in [6.45, 7) is 2.06. The van der Waals surface area contributed by atoms with Crippen LogP contribution < -0.4 is 0 Å². The maximum atomic E-state index is 13.7. The summed E-state index contributed by atoms with van der Waals surface area (Å²) in [5.41, 5.74) is -3.12. The first kappa shape index (κ1) is 18.6. The number of hydrogen-bond donors (Lipinski definition) is 0. The standard InChI is InChI=1S/C18H22F3S.ClH/c1-2-6-13-9-10-15-12-17(14-7-4-3-5-8-14)22(16(15)11-13)18(19,20)21;/h9-12,14H,2-8H2,1H3;1H/q+1;. The normalized spacial score (nSPS) is 17.3. The van der Waals surface area contributed by atoms with Crippen LogP contribution in [0.15, 0.2) is 24.3 Å². The second-order valence-electron chi connectivity index (χ2n) is 6.26. The lowest BCUT2D eigenvalue weighted by molar-refractivity contribution is -0.0868. The van der Waals surface area contributed by atoms with Gasteiger partial charge in [-0.2, -0.15) is 0 Å². The fourth-order valence-electron chi connectivity index (χ4n) is 3.59. The molecular formula is C18H23ClF3S+. The fourth-order valence-corrected chi connectivity index (χ4v) is 5.80. The van der Waals surface area contributed by atoms with Crippen molar-refractivity contribution in [3.63, 3.8) is 0 Å². The molecule has 1 aromatic heterocycles. The molecule has 1 aliphatic carbocycles. The van der Waals surface area contributed by atoms with E-state index in [9.17, 15) is 13.2 Å². The van der Waals surface area contributed by atoms with E-state index in [1.807, 2.05) is 24.3 Å². The molecular weight excluding hydrogens is 341 g/mol. The molecule has 0 bridgehead atoms.